The van der Waals surface area contributed by atoms with Gasteiger partial charge in [0.25, 0.3) is 0 Å². The van der Waals surface area contributed by atoms with Crippen molar-refractivity contribution in [3.63, 3.8) is 0 Å². The molecule has 0 bridgehead atoms. The molecule has 6 nitrogen and oxygen atoms in total. The molecule has 7 heteroatoms. The molecule has 0 aliphatic carbocycles. The molecular formula is C12H14N4O2S. The quantitative estimate of drug-likeness (QED) is 0.814. The van der Waals surface area contributed by atoms with Gasteiger partial charge in [-0.15, -0.1) is 0 Å². The normalized spacial score (nSPS) is 18.6. The van der Waals surface area contributed by atoms with Gasteiger partial charge in [0.15, 0.2) is 9.84 Å². The largest absolute Gasteiger partial charge is 0.368 e. The third kappa shape index (κ3) is 2.33. The van der Waals surface area contributed by atoms with Crippen LogP contribution in [-0.2, 0) is 9.84 Å². The molecule has 1 aromatic heterocycles. The van der Waals surface area contributed by atoms with Crippen LogP contribution in [0.1, 0.15) is 0 Å². The number of nitrogen functional groups attached to an aromatic ring is 1. The highest BCUT2D eigenvalue weighted by Gasteiger charge is 2.24. The molecule has 1 fully saturated rings. The number of para-hydroxylation sites is 1. The highest BCUT2D eigenvalue weighted by atomic mass is 32.2. The fraction of sp³-hybridized carbons (Fsp3) is 0.333. The molecule has 2 aromatic rings. The Morgan fingerprint density at radius 1 is 1.11 bits per heavy atom. The van der Waals surface area contributed by atoms with Gasteiger partial charge in [0.1, 0.15) is 5.82 Å². The van der Waals surface area contributed by atoms with E-state index in [4.69, 9.17) is 5.73 Å². The highest BCUT2D eigenvalue weighted by Crippen LogP contribution is 2.25. The first-order chi connectivity index (χ1) is 9.05. The zero-order valence-electron chi connectivity index (χ0n) is 10.3. The zero-order valence-corrected chi connectivity index (χ0v) is 11.1. The van der Waals surface area contributed by atoms with E-state index in [-0.39, 0.29) is 17.5 Å². The van der Waals surface area contributed by atoms with Gasteiger partial charge in [0, 0.05) is 18.5 Å². The molecule has 0 atom stereocenters. The summed E-state index contributed by atoms with van der Waals surface area (Å²) in [5.74, 6) is 1.25. The maximum atomic E-state index is 11.5. The van der Waals surface area contributed by atoms with E-state index in [1.165, 1.54) is 0 Å². The third-order valence-corrected chi connectivity index (χ3v) is 4.85. The Morgan fingerprint density at radius 3 is 2.53 bits per heavy atom. The van der Waals surface area contributed by atoms with Gasteiger partial charge in [-0.05, 0) is 12.1 Å². The molecule has 1 aromatic carbocycles. The van der Waals surface area contributed by atoms with E-state index in [1.54, 1.807) is 0 Å². The topological polar surface area (TPSA) is 89.2 Å². The van der Waals surface area contributed by atoms with Crippen LogP contribution in [0.25, 0.3) is 10.9 Å². The number of aromatic nitrogens is 2. The summed E-state index contributed by atoms with van der Waals surface area (Å²) < 4.78 is 22.9. The van der Waals surface area contributed by atoms with Crippen molar-refractivity contribution in [3.05, 3.63) is 24.3 Å². The van der Waals surface area contributed by atoms with E-state index < -0.39 is 9.84 Å². The van der Waals surface area contributed by atoms with Gasteiger partial charge in [-0.1, -0.05) is 12.1 Å². The first-order valence-corrected chi connectivity index (χ1v) is 7.85. The van der Waals surface area contributed by atoms with E-state index >= 15 is 0 Å². The Bertz CT molecular complexity index is 716. The second kappa shape index (κ2) is 4.34. The van der Waals surface area contributed by atoms with Crippen molar-refractivity contribution in [1.29, 1.82) is 0 Å². The summed E-state index contributed by atoms with van der Waals surface area (Å²) in [4.78, 5) is 10.4. The van der Waals surface area contributed by atoms with Gasteiger partial charge in [0.2, 0.25) is 5.95 Å². The molecule has 0 saturated carbocycles. The summed E-state index contributed by atoms with van der Waals surface area (Å²) in [6, 6.07) is 7.59. The van der Waals surface area contributed by atoms with Gasteiger partial charge < -0.3 is 10.6 Å². The minimum atomic E-state index is -2.90. The number of benzene rings is 1. The van der Waals surface area contributed by atoms with Crippen molar-refractivity contribution in [2.24, 2.45) is 0 Å². The molecule has 1 aliphatic rings. The molecule has 3 rings (SSSR count). The summed E-state index contributed by atoms with van der Waals surface area (Å²) in [7, 11) is -2.90. The molecule has 0 unspecified atom stereocenters. The maximum Gasteiger partial charge on any atom is 0.222 e. The number of nitrogens with two attached hydrogens (primary N) is 1. The Balaban J connectivity index is 2.05. The van der Waals surface area contributed by atoms with E-state index in [0.29, 0.717) is 13.1 Å². The fourth-order valence-electron chi connectivity index (χ4n) is 2.24. The van der Waals surface area contributed by atoms with E-state index in [2.05, 4.69) is 9.97 Å². The molecular weight excluding hydrogens is 264 g/mol. The number of nitrogens with zero attached hydrogens (tertiary/aromatic N) is 3. The molecule has 2 N–H and O–H groups in total. The molecule has 0 amide bonds. The average Bonchev–Trinajstić information content (AvgIpc) is 2.38. The first-order valence-electron chi connectivity index (χ1n) is 6.03. The van der Waals surface area contributed by atoms with E-state index in [0.717, 1.165) is 16.7 Å². The number of fused-ring (bicyclic) bond motifs is 1. The standard InChI is InChI=1S/C12H14N4O2S/c13-12-14-10-4-2-1-3-9(10)11(15-12)16-5-7-19(17,18)8-6-16/h1-4H,5-8H2,(H2,13,14,15). The summed E-state index contributed by atoms with van der Waals surface area (Å²) in [6.45, 7) is 0.894. The van der Waals surface area contributed by atoms with Crippen LogP contribution in [0.3, 0.4) is 0 Å². The molecule has 19 heavy (non-hydrogen) atoms. The fourth-order valence-corrected chi connectivity index (χ4v) is 3.44. The van der Waals surface area contributed by atoms with Gasteiger partial charge in [-0.25, -0.2) is 13.4 Å². The lowest BCUT2D eigenvalue weighted by atomic mass is 10.2. The van der Waals surface area contributed by atoms with Crippen LogP contribution < -0.4 is 10.6 Å². The van der Waals surface area contributed by atoms with Crippen molar-refractivity contribution < 1.29 is 8.42 Å². The Kier molecular flexibility index (Phi) is 2.78. The first kappa shape index (κ1) is 12.2. The minimum Gasteiger partial charge on any atom is -0.368 e. The lowest BCUT2D eigenvalue weighted by molar-refractivity contribution is 0.586. The van der Waals surface area contributed by atoms with Crippen molar-refractivity contribution >= 4 is 32.5 Å². The van der Waals surface area contributed by atoms with E-state index in [9.17, 15) is 8.42 Å². The molecule has 1 aliphatic heterocycles. The minimum absolute atomic E-state index is 0.158. The van der Waals surface area contributed by atoms with Gasteiger partial charge in [-0.2, -0.15) is 4.98 Å². The van der Waals surface area contributed by atoms with Crippen LogP contribution in [0.15, 0.2) is 24.3 Å². The molecule has 0 radical (unpaired) electrons. The lowest BCUT2D eigenvalue weighted by Crippen LogP contribution is -2.40. The Morgan fingerprint density at radius 2 is 1.79 bits per heavy atom. The van der Waals surface area contributed by atoms with Crippen molar-refractivity contribution in [1.82, 2.24) is 9.97 Å². The number of hydrogen-bond donors (Lipinski definition) is 1. The van der Waals surface area contributed by atoms with Crippen molar-refractivity contribution in [2.45, 2.75) is 0 Å². The van der Waals surface area contributed by atoms with Gasteiger partial charge in [0.05, 0.1) is 17.0 Å². The predicted octanol–water partition coefficient (Wildman–Crippen LogP) is 0.447. The number of hydrogen-bond acceptors (Lipinski definition) is 6. The smallest absolute Gasteiger partial charge is 0.222 e. The second-order valence-electron chi connectivity index (χ2n) is 4.56. The third-order valence-electron chi connectivity index (χ3n) is 3.24. The maximum absolute atomic E-state index is 11.5. The predicted molar refractivity (Wildman–Crippen MR) is 74.8 cm³/mol. The monoisotopic (exact) mass is 278 g/mol. The number of rotatable bonds is 1. The van der Waals surface area contributed by atoms with Gasteiger partial charge >= 0.3 is 0 Å². The average molecular weight is 278 g/mol. The summed E-state index contributed by atoms with van der Waals surface area (Å²) in [5, 5.41) is 0.899. The number of anilines is 2. The van der Waals surface area contributed by atoms with Crippen LogP contribution in [0.2, 0.25) is 0 Å². The summed E-state index contributed by atoms with van der Waals surface area (Å²) in [6.07, 6.45) is 0. The lowest BCUT2D eigenvalue weighted by Gasteiger charge is -2.28. The van der Waals surface area contributed by atoms with Crippen LogP contribution in [-0.4, -0.2) is 43.0 Å². The van der Waals surface area contributed by atoms with Crippen LogP contribution >= 0.6 is 0 Å². The van der Waals surface area contributed by atoms with Gasteiger partial charge in [-0.3, -0.25) is 0 Å². The second-order valence-corrected chi connectivity index (χ2v) is 6.87. The zero-order chi connectivity index (χ0) is 13.5. The van der Waals surface area contributed by atoms with Crippen LogP contribution in [0, 0.1) is 0 Å². The molecule has 2 heterocycles. The van der Waals surface area contributed by atoms with Crippen molar-refractivity contribution in [2.75, 3.05) is 35.2 Å². The van der Waals surface area contributed by atoms with Crippen molar-refractivity contribution in [3.8, 4) is 0 Å². The van der Waals surface area contributed by atoms with E-state index in [1.807, 2.05) is 29.2 Å². The highest BCUT2D eigenvalue weighted by molar-refractivity contribution is 7.91. The summed E-state index contributed by atoms with van der Waals surface area (Å²) >= 11 is 0. The Hall–Kier alpha value is -1.89. The molecule has 0 spiro atoms. The Labute approximate surface area is 111 Å². The van der Waals surface area contributed by atoms with Crippen LogP contribution in [0.4, 0.5) is 11.8 Å². The molecule has 1 saturated heterocycles. The van der Waals surface area contributed by atoms with Crippen LogP contribution in [0.5, 0.6) is 0 Å². The molecule has 100 valence electrons. The SMILES string of the molecule is Nc1nc(N2CCS(=O)(=O)CC2)c2ccccc2n1. The summed E-state index contributed by atoms with van der Waals surface area (Å²) in [5.41, 5.74) is 6.49. The number of sulfone groups is 1.